The summed E-state index contributed by atoms with van der Waals surface area (Å²) in [7, 11) is -2.59. The fourth-order valence-corrected chi connectivity index (χ4v) is 3.69. The van der Waals surface area contributed by atoms with E-state index >= 15 is 0 Å². The number of ether oxygens (including phenoxy) is 1. The van der Waals surface area contributed by atoms with Gasteiger partial charge in [0.1, 0.15) is 22.0 Å². The van der Waals surface area contributed by atoms with E-state index in [1.165, 1.54) is 18.5 Å². The van der Waals surface area contributed by atoms with E-state index in [2.05, 4.69) is 24.9 Å². The number of rotatable bonds is 6. The maximum absolute atomic E-state index is 13.0. The highest BCUT2D eigenvalue weighted by Gasteiger charge is 2.31. The highest BCUT2D eigenvalue weighted by molar-refractivity contribution is 7.91. The Morgan fingerprint density at radius 3 is 2.42 bits per heavy atom. The molecule has 0 aliphatic rings. The van der Waals surface area contributed by atoms with Gasteiger partial charge >= 0.3 is 12.8 Å². The molecule has 0 radical (unpaired) electrons. The third kappa shape index (κ3) is 4.62. The number of sulfone groups is 1. The van der Waals surface area contributed by atoms with Crippen LogP contribution in [0.4, 0.5) is 22.0 Å². The minimum absolute atomic E-state index is 0.0874. The lowest BCUT2D eigenvalue weighted by molar-refractivity contribution is -0.137. The number of aromatic nitrogens is 5. The largest absolute Gasteiger partial charge is 0.433 e. The molecule has 0 aliphatic carbocycles. The van der Waals surface area contributed by atoms with Crippen LogP contribution >= 0.6 is 0 Å². The Kier molecular flexibility index (Phi) is 5.93. The predicted octanol–water partition coefficient (Wildman–Crippen LogP) is 3.35. The van der Waals surface area contributed by atoms with Crippen LogP contribution < -0.4 is 4.74 Å². The number of hydrogen-bond acceptors (Lipinski definition) is 7. The number of halogens is 5. The van der Waals surface area contributed by atoms with Gasteiger partial charge in [-0.1, -0.05) is 6.92 Å². The van der Waals surface area contributed by atoms with Crippen molar-refractivity contribution < 1.29 is 35.1 Å². The molecular weight excluding hydrogens is 449 g/mol. The maximum Gasteiger partial charge on any atom is 0.416 e. The molecule has 0 bridgehead atoms. The second-order valence-corrected chi connectivity index (χ2v) is 8.38. The van der Waals surface area contributed by atoms with E-state index in [-0.39, 0.29) is 28.8 Å². The summed E-state index contributed by atoms with van der Waals surface area (Å²) in [6.45, 7) is -1.85. The molecule has 0 amide bonds. The summed E-state index contributed by atoms with van der Waals surface area (Å²) in [5, 5.41) is 7.63. The summed E-state index contributed by atoms with van der Waals surface area (Å²) in [6.07, 6.45) is -2.77. The zero-order chi connectivity index (χ0) is 23.0. The van der Waals surface area contributed by atoms with Crippen LogP contribution in [0.15, 0.2) is 35.5 Å². The molecule has 0 N–H and O–H groups in total. The molecule has 0 aromatic carbocycles. The van der Waals surface area contributed by atoms with Crippen LogP contribution in [-0.4, -0.2) is 45.5 Å². The first kappa shape index (κ1) is 22.5. The summed E-state index contributed by atoms with van der Waals surface area (Å²) in [5.74, 6) is -1.06. The summed E-state index contributed by atoms with van der Waals surface area (Å²) in [4.78, 5) is 7.30. The molecule has 3 aromatic rings. The van der Waals surface area contributed by atoms with Crippen molar-refractivity contribution in [1.82, 2.24) is 24.7 Å². The van der Waals surface area contributed by atoms with Gasteiger partial charge < -0.3 is 9.30 Å². The van der Waals surface area contributed by atoms with Crippen molar-refractivity contribution in [3.05, 3.63) is 36.2 Å². The lowest BCUT2D eigenvalue weighted by Crippen LogP contribution is -2.11. The molecule has 0 spiro atoms. The summed E-state index contributed by atoms with van der Waals surface area (Å²) in [6, 6.07) is 2.44. The quantitative estimate of drug-likeness (QED) is 0.517. The van der Waals surface area contributed by atoms with Gasteiger partial charge in [0.2, 0.25) is 0 Å². The van der Waals surface area contributed by atoms with Crippen LogP contribution in [0.3, 0.4) is 0 Å². The van der Waals surface area contributed by atoms with Gasteiger partial charge in [0.25, 0.3) is 0 Å². The molecule has 3 heterocycles. The number of hydrogen-bond donors (Lipinski definition) is 0. The Morgan fingerprint density at radius 2 is 1.81 bits per heavy atom. The molecule has 166 valence electrons. The summed E-state index contributed by atoms with van der Waals surface area (Å²) >= 11 is 0. The van der Waals surface area contributed by atoms with Gasteiger partial charge in [0, 0.05) is 19.3 Å². The van der Waals surface area contributed by atoms with E-state index in [0.717, 1.165) is 30.6 Å². The Labute approximate surface area is 172 Å². The Morgan fingerprint density at radius 1 is 1.13 bits per heavy atom. The minimum Gasteiger partial charge on any atom is -0.433 e. The zero-order valence-corrected chi connectivity index (χ0v) is 16.7. The van der Waals surface area contributed by atoms with E-state index in [1.54, 1.807) is 0 Å². The molecule has 8 nitrogen and oxygen atoms in total. The van der Waals surface area contributed by atoms with E-state index in [0.29, 0.717) is 0 Å². The molecule has 0 atom stereocenters. The van der Waals surface area contributed by atoms with Crippen molar-refractivity contribution in [2.75, 3.05) is 5.75 Å². The Balaban J connectivity index is 2.14. The van der Waals surface area contributed by atoms with Crippen molar-refractivity contribution in [3.63, 3.8) is 0 Å². The molecule has 0 saturated carbocycles. The van der Waals surface area contributed by atoms with Gasteiger partial charge in [-0.3, -0.25) is 4.98 Å². The Hall–Kier alpha value is -3.16. The SMILES string of the molecule is CCS(=O)(=O)c1cc(OC(F)F)cnc1-c1nnc(-c2cc(C(F)(F)F)ccn2)n1C. The zero-order valence-electron chi connectivity index (χ0n) is 15.9. The highest BCUT2D eigenvalue weighted by atomic mass is 32.2. The van der Waals surface area contributed by atoms with Crippen LogP contribution in [0.5, 0.6) is 5.75 Å². The highest BCUT2D eigenvalue weighted by Crippen LogP contribution is 2.33. The second kappa shape index (κ2) is 8.17. The average molecular weight is 463 g/mol. The van der Waals surface area contributed by atoms with Crippen LogP contribution in [0.25, 0.3) is 23.0 Å². The summed E-state index contributed by atoms with van der Waals surface area (Å²) in [5.41, 5.74) is -1.34. The van der Waals surface area contributed by atoms with E-state index in [9.17, 15) is 30.4 Å². The normalized spacial score (nSPS) is 12.4. The number of alkyl halides is 5. The van der Waals surface area contributed by atoms with Crippen molar-refractivity contribution >= 4 is 9.84 Å². The van der Waals surface area contributed by atoms with Crippen LogP contribution in [0.2, 0.25) is 0 Å². The number of pyridine rings is 2. The van der Waals surface area contributed by atoms with Crippen molar-refractivity contribution in [3.8, 4) is 28.8 Å². The molecule has 0 unspecified atom stereocenters. The van der Waals surface area contributed by atoms with Gasteiger partial charge in [0.15, 0.2) is 21.5 Å². The van der Waals surface area contributed by atoms with Crippen molar-refractivity contribution in [1.29, 1.82) is 0 Å². The molecule has 3 rings (SSSR count). The molecule has 14 heteroatoms. The monoisotopic (exact) mass is 463 g/mol. The fourth-order valence-electron chi connectivity index (χ4n) is 2.64. The average Bonchev–Trinajstić information content (AvgIpc) is 3.08. The first-order valence-electron chi connectivity index (χ1n) is 8.55. The second-order valence-electron chi connectivity index (χ2n) is 6.13. The van der Waals surface area contributed by atoms with Gasteiger partial charge in [-0.05, 0) is 12.1 Å². The van der Waals surface area contributed by atoms with Gasteiger partial charge in [-0.15, -0.1) is 10.2 Å². The van der Waals surface area contributed by atoms with Gasteiger partial charge in [-0.25, -0.2) is 13.4 Å². The molecule has 31 heavy (non-hydrogen) atoms. The van der Waals surface area contributed by atoms with Crippen LogP contribution in [0.1, 0.15) is 12.5 Å². The van der Waals surface area contributed by atoms with Crippen molar-refractivity contribution in [2.24, 2.45) is 7.05 Å². The van der Waals surface area contributed by atoms with E-state index in [4.69, 9.17) is 0 Å². The van der Waals surface area contributed by atoms with Crippen molar-refractivity contribution in [2.45, 2.75) is 24.6 Å². The summed E-state index contributed by atoms with van der Waals surface area (Å²) < 4.78 is 94.4. The third-order valence-electron chi connectivity index (χ3n) is 4.17. The maximum atomic E-state index is 13.0. The molecule has 3 aromatic heterocycles. The topological polar surface area (TPSA) is 99.9 Å². The Bertz CT molecular complexity index is 1210. The lowest BCUT2D eigenvalue weighted by Gasteiger charge is -2.11. The van der Waals surface area contributed by atoms with E-state index < -0.39 is 38.8 Å². The fraction of sp³-hybridized carbons (Fsp3) is 0.294. The smallest absolute Gasteiger partial charge is 0.416 e. The van der Waals surface area contributed by atoms with Gasteiger partial charge in [0.05, 0.1) is 17.5 Å². The molecular formula is C17H14F5N5O3S. The molecule has 0 fully saturated rings. The standard InChI is InChI=1S/C17H14F5N5O3S/c1-3-31(28,29)12-7-10(30-16(18)19)8-24-13(12)15-26-25-14(27(15)2)11-6-9(4-5-23-11)17(20,21)22/h4-8,16H,3H2,1-2H3. The van der Waals surface area contributed by atoms with Crippen LogP contribution in [-0.2, 0) is 23.1 Å². The lowest BCUT2D eigenvalue weighted by atomic mass is 10.2. The van der Waals surface area contributed by atoms with Gasteiger partial charge in [-0.2, -0.15) is 22.0 Å². The van der Waals surface area contributed by atoms with E-state index in [1.807, 2.05) is 0 Å². The predicted molar refractivity (Wildman–Crippen MR) is 96.8 cm³/mol. The van der Waals surface area contributed by atoms with Crippen LogP contribution in [0, 0.1) is 0 Å². The molecule has 0 saturated heterocycles. The molecule has 0 aliphatic heterocycles. The minimum atomic E-state index is -4.61. The first-order chi connectivity index (χ1) is 14.4. The third-order valence-corrected chi connectivity index (χ3v) is 5.91. The number of nitrogens with zero attached hydrogens (tertiary/aromatic N) is 5. The first-order valence-corrected chi connectivity index (χ1v) is 10.2.